The average molecular weight is 214 g/mol. The summed E-state index contributed by atoms with van der Waals surface area (Å²) in [5, 5.41) is 6.76. The summed E-state index contributed by atoms with van der Waals surface area (Å²) >= 11 is 0. The van der Waals surface area contributed by atoms with Crippen LogP contribution in [-0.2, 0) is 5.54 Å². The minimum Gasteiger partial charge on any atom is -0.314 e. The Bertz CT molecular complexity index is 270. The van der Waals surface area contributed by atoms with Gasteiger partial charge < -0.3 is 10.6 Å². The molecule has 78 valence electrons. The molecule has 0 amide bonds. The summed E-state index contributed by atoms with van der Waals surface area (Å²) < 4.78 is 0. The van der Waals surface area contributed by atoms with E-state index in [2.05, 4.69) is 21.7 Å². The van der Waals surface area contributed by atoms with E-state index >= 15 is 0 Å². The van der Waals surface area contributed by atoms with Crippen molar-refractivity contribution >= 4 is 12.4 Å². The average Bonchev–Trinajstić information content (AvgIpc) is 2.69. The number of nitrogens with one attached hydrogen (secondary N) is 2. The number of pyridine rings is 1. The predicted molar refractivity (Wildman–Crippen MR) is 59.7 cm³/mol. The Balaban J connectivity index is 0.000000980. The van der Waals surface area contributed by atoms with Crippen LogP contribution in [0.3, 0.4) is 0 Å². The van der Waals surface area contributed by atoms with Crippen LogP contribution in [0.4, 0.5) is 0 Å². The van der Waals surface area contributed by atoms with E-state index in [1.165, 1.54) is 5.56 Å². The molecule has 0 aliphatic carbocycles. The van der Waals surface area contributed by atoms with Gasteiger partial charge in [0.1, 0.15) is 0 Å². The van der Waals surface area contributed by atoms with Crippen LogP contribution >= 0.6 is 12.4 Å². The van der Waals surface area contributed by atoms with Gasteiger partial charge in [-0.3, -0.25) is 4.98 Å². The minimum atomic E-state index is 0. The lowest BCUT2D eigenvalue weighted by Crippen LogP contribution is -2.41. The molecule has 3 nitrogen and oxygen atoms in total. The maximum Gasteiger partial charge on any atom is 0.0585 e. The molecule has 0 aromatic carbocycles. The molecule has 1 saturated heterocycles. The molecule has 0 spiro atoms. The molecule has 0 radical (unpaired) electrons. The van der Waals surface area contributed by atoms with Crippen molar-refractivity contribution in [2.75, 3.05) is 20.1 Å². The lowest BCUT2D eigenvalue weighted by atomic mass is 9.90. The molecule has 1 fully saturated rings. The Morgan fingerprint density at radius 2 is 2.43 bits per heavy atom. The van der Waals surface area contributed by atoms with Crippen LogP contribution in [0.15, 0.2) is 24.5 Å². The summed E-state index contributed by atoms with van der Waals surface area (Å²) in [7, 11) is 2.01. The minimum absolute atomic E-state index is 0. The van der Waals surface area contributed by atoms with Crippen LogP contribution in [0.1, 0.15) is 12.0 Å². The van der Waals surface area contributed by atoms with E-state index in [0.717, 1.165) is 19.5 Å². The largest absolute Gasteiger partial charge is 0.314 e. The molecule has 14 heavy (non-hydrogen) atoms. The van der Waals surface area contributed by atoms with Gasteiger partial charge in [-0.15, -0.1) is 12.4 Å². The molecular weight excluding hydrogens is 198 g/mol. The van der Waals surface area contributed by atoms with E-state index in [-0.39, 0.29) is 17.9 Å². The lowest BCUT2D eigenvalue weighted by Gasteiger charge is -2.27. The summed E-state index contributed by atoms with van der Waals surface area (Å²) in [6.07, 6.45) is 4.90. The van der Waals surface area contributed by atoms with Crippen molar-refractivity contribution in [2.24, 2.45) is 0 Å². The monoisotopic (exact) mass is 213 g/mol. The Hall–Kier alpha value is -0.640. The van der Waals surface area contributed by atoms with Gasteiger partial charge in [-0.25, -0.2) is 0 Å². The number of nitrogens with zero attached hydrogens (tertiary/aromatic N) is 1. The smallest absolute Gasteiger partial charge is 0.0585 e. The zero-order valence-corrected chi connectivity index (χ0v) is 9.10. The van der Waals surface area contributed by atoms with E-state index in [1.54, 1.807) is 0 Å². The molecule has 1 aliphatic rings. The van der Waals surface area contributed by atoms with Gasteiger partial charge in [0.2, 0.25) is 0 Å². The van der Waals surface area contributed by atoms with Gasteiger partial charge in [-0.1, -0.05) is 6.07 Å². The zero-order valence-electron chi connectivity index (χ0n) is 8.29. The fourth-order valence-electron chi connectivity index (χ4n) is 1.94. The summed E-state index contributed by atoms with van der Waals surface area (Å²) in [5.41, 5.74) is 1.39. The van der Waals surface area contributed by atoms with E-state index < -0.39 is 0 Å². The Labute approximate surface area is 90.7 Å². The number of aromatic nitrogens is 1. The van der Waals surface area contributed by atoms with E-state index in [0.29, 0.717) is 0 Å². The summed E-state index contributed by atoms with van der Waals surface area (Å²) in [6.45, 7) is 2.07. The van der Waals surface area contributed by atoms with Crippen LogP contribution < -0.4 is 10.6 Å². The second kappa shape index (κ2) is 4.73. The number of rotatable bonds is 2. The van der Waals surface area contributed by atoms with Crippen LogP contribution in [0.25, 0.3) is 0 Å². The third-order valence-electron chi connectivity index (χ3n) is 2.85. The first kappa shape index (κ1) is 11.4. The molecule has 0 saturated carbocycles. The number of halogens is 1. The molecule has 2 N–H and O–H groups in total. The third kappa shape index (κ3) is 1.90. The van der Waals surface area contributed by atoms with Gasteiger partial charge in [0.15, 0.2) is 0 Å². The highest BCUT2D eigenvalue weighted by molar-refractivity contribution is 5.85. The van der Waals surface area contributed by atoms with Crippen molar-refractivity contribution in [3.05, 3.63) is 30.1 Å². The van der Waals surface area contributed by atoms with Crippen LogP contribution in [0.2, 0.25) is 0 Å². The second-order valence-corrected chi connectivity index (χ2v) is 3.50. The second-order valence-electron chi connectivity index (χ2n) is 3.50. The molecule has 2 heterocycles. The van der Waals surface area contributed by atoms with Crippen LogP contribution in [-0.4, -0.2) is 25.1 Å². The van der Waals surface area contributed by atoms with Crippen LogP contribution in [0.5, 0.6) is 0 Å². The Morgan fingerprint density at radius 1 is 1.57 bits per heavy atom. The molecule has 2 rings (SSSR count). The first-order chi connectivity index (χ1) is 6.37. The number of hydrogen-bond donors (Lipinski definition) is 2. The normalized spacial score (nSPS) is 25.8. The maximum absolute atomic E-state index is 4.15. The standard InChI is InChI=1S/C10H15N3.ClH/c1-11-10(4-6-13-8-10)9-3-2-5-12-7-9;/h2-3,5,7,11,13H,4,6,8H2,1H3;1H. The topological polar surface area (TPSA) is 37.0 Å². The van der Waals surface area contributed by atoms with Gasteiger partial charge >= 0.3 is 0 Å². The molecule has 1 atom stereocenters. The fraction of sp³-hybridized carbons (Fsp3) is 0.500. The SMILES string of the molecule is CNC1(c2cccnc2)CCNC1.Cl. The van der Waals surface area contributed by atoms with Crippen molar-refractivity contribution < 1.29 is 0 Å². The Kier molecular flexibility index (Phi) is 3.86. The Morgan fingerprint density at radius 3 is 2.93 bits per heavy atom. The van der Waals surface area contributed by atoms with Gasteiger partial charge in [-0.05, 0) is 31.6 Å². The quantitative estimate of drug-likeness (QED) is 0.767. The van der Waals surface area contributed by atoms with Gasteiger partial charge in [0.05, 0.1) is 5.54 Å². The molecule has 1 aromatic heterocycles. The van der Waals surface area contributed by atoms with Crippen LogP contribution in [0, 0.1) is 0 Å². The molecule has 1 aromatic rings. The maximum atomic E-state index is 4.15. The van der Waals surface area contributed by atoms with Crippen molar-refractivity contribution in [3.63, 3.8) is 0 Å². The van der Waals surface area contributed by atoms with E-state index in [9.17, 15) is 0 Å². The summed E-state index contributed by atoms with van der Waals surface area (Å²) in [6, 6.07) is 4.13. The number of hydrogen-bond acceptors (Lipinski definition) is 3. The fourth-order valence-corrected chi connectivity index (χ4v) is 1.94. The van der Waals surface area contributed by atoms with Crippen molar-refractivity contribution in [1.82, 2.24) is 15.6 Å². The molecule has 1 unspecified atom stereocenters. The molecule has 0 bridgehead atoms. The molecule has 1 aliphatic heterocycles. The van der Waals surface area contributed by atoms with Gasteiger partial charge in [0.25, 0.3) is 0 Å². The van der Waals surface area contributed by atoms with E-state index in [4.69, 9.17) is 0 Å². The highest BCUT2D eigenvalue weighted by Gasteiger charge is 2.33. The van der Waals surface area contributed by atoms with E-state index in [1.807, 2.05) is 25.5 Å². The lowest BCUT2D eigenvalue weighted by molar-refractivity contribution is 0.398. The third-order valence-corrected chi connectivity index (χ3v) is 2.85. The highest BCUT2D eigenvalue weighted by atomic mass is 35.5. The van der Waals surface area contributed by atoms with Crippen molar-refractivity contribution in [1.29, 1.82) is 0 Å². The van der Waals surface area contributed by atoms with Gasteiger partial charge in [-0.2, -0.15) is 0 Å². The first-order valence-electron chi connectivity index (χ1n) is 4.67. The zero-order chi connectivity index (χ0) is 9.15. The summed E-state index contributed by atoms with van der Waals surface area (Å²) in [5.74, 6) is 0. The molecular formula is C10H16ClN3. The molecule has 4 heteroatoms. The summed E-state index contributed by atoms with van der Waals surface area (Å²) in [4.78, 5) is 4.15. The number of likely N-dealkylation sites (N-methyl/N-ethyl adjacent to an activating group) is 1. The highest BCUT2D eigenvalue weighted by Crippen LogP contribution is 2.26. The van der Waals surface area contributed by atoms with Gasteiger partial charge in [0, 0.05) is 18.9 Å². The first-order valence-corrected chi connectivity index (χ1v) is 4.67. The predicted octanol–water partition coefficient (Wildman–Crippen LogP) is 0.911. The van der Waals surface area contributed by atoms with Crippen molar-refractivity contribution in [3.8, 4) is 0 Å². The van der Waals surface area contributed by atoms with Crippen molar-refractivity contribution in [2.45, 2.75) is 12.0 Å².